The highest BCUT2D eigenvalue weighted by Crippen LogP contribution is 2.34. The maximum Gasteiger partial charge on any atom is 0.416 e. The van der Waals surface area contributed by atoms with E-state index in [2.05, 4.69) is 5.32 Å². The van der Waals surface area contributed by atoms with Crippen molar-refractivity contribution in [1.82, 2.24) is 4.90 Å². The average molecular weight is 406 g/mol. The molecule has 1 saturated carbocycles. The van der Waals surface area contributed by atoms with Gasteiger partial charge in [-0.1, -0.05) is 0 Å². The molecule has 3 N–H and O–H groups in total. The van der Waals surface area contributed by atoms with Crippen molar-refractivity contribution in [3.63, 3.8) is 0 Å². The SMILES string of the molecule is Cl.NCc1cc(NC(=O)C2CCCN(C(=O)C3CC3)C2)cc(C(F)(F)F)c1. The molecular weight excluding hydrogens is 383 g/mol. The lowest BCUT2D eigenvalue weighted by Gasteiger charge is -2.32. The van der Waals surface area contributed by atoms with Crippen molar-refractivity contribution in [2.45, 2.75) is 38.4 Å². The average Bonchev–Trinajstić information content (AvgIpc) is 3.45. The smallest absolute Gasteiger partial charge is 0.342 e. The van der Waals surface area contributed by atoms with Crippen LogP contribution in [0.2, 0.25) is 0 Å². The number of anilines is 1. The van der Waals surface area contributed by atoms with Crippen molar-refractivity contribution in [2.75, 3.05) is 18.4 Å². The zero-order valence-electron chi connectivity index (χ0n) is 14.7. The molecule has 0 aromatic heterocycles. The fourth-order valence-electron chi connectivity index (χ4n) is 3.27. The van der Waals surface area contributed by atoms with Gasteiger partial charge in [0, 0.05) is 31.2 Å². The van der Waals surface area contributed by atoms with Crippen LogP contribution in [0.1, 0.15) is 36.8 Å². The molecule has 3 rings (SSSR count). The van der Waals surface area contributed by atoms with E-state index in [4.69, 9.17) is 5.73 Å². The quantitative estimate of drug-likeness (QED) is 0.807. The minimum Gasteiger partial charge on any atom is -0.342 e. The second-order valence-electron chi connectivity index (χ2n) is 7.01. The molecule has 1 aliphatic heterocycles. The van der Waals surface area contributed by atoms with Gasteiger partial charge in [0.25, 0.3) is 0 Å². The Hall–Kier alpha value is -1.80. The summed E-state index contributed by atoms with van der Waals surface area (Å²) in [5, 5.41) is 2.57. The number of piperidine rings is 1. The van der Waals surface area contributed by atoms with E-state index < -0.39 is 17.7 Å². The number of amides is 2. The summed E-state index contributed by atoms with van der Waals surface area (Å²) >= 11 is 0. The summed E-state index contributed by atoms with van der Waals surface area (Å²) in [5.41, 5.74) is 5.00. The first kappa shape index (κ1) is 21.5. The molecule has 2 aliphatic rings. The highest BCUT2D eigenvalue weighted by molar-refractivity contribution is 5.93. The number of hydrogen-bond acceptors (Lipinski definition) is 3. The Morgan fingerprint density at radius 2 is 1.85 bits per heavy atom. The number of carbonyl (C=O) groups excluding carboxylic acids is 2. The van der Waals surface area contributed by atoms with Gasteiger partial charge >= 0.3 is 6.18 Å². The van der Waals surface area contributed by atoms with Gasteiger partial charge in [-0.15, -0.1) is 12.4 Å². The van der Waals surface area contributed by atoms with Crippen LogP contribution in [0.5, 0.6) is 0 Å². The normalized spacial score (nSPS) is 20.0. The van der Waals surface area contributed by atoms with Crippen LogP contribution < -0.4 is 11.1 Å². The molecule has 27 heavy (non-hydrogen) atoms. The number of carbonyl (C=O) groups is 2. The van der Waals surface area contributed by atoms with Gasteiger partial charge in [0.05, 0.1) is 11.5 Å². The molecular formula is C18H23ClF3N3O2. The van der Waals surface area contributed by atoms with E-state index in [9.17, 15) is 22.8 Å². The zero-order valence-corrected chi connectivity index (χ0v) is 15.5. The van der Waals surface area contributed by atoms with E-state index in [1.54, 1.807) is 4.90 Å². The van der Waals surface area contributed by atoms with Crippen molar-refractivity contribution in [3.05, 3.63) is 29.3 Å². The van der Waals surface area contributed by atoms with Crippen molar-refractivity contribution >= 4 is 29.9 Å². The zero-order chi connectivity index (χ0) is 18.9. The van der Waals surface area contributed by atoms with Gasteiger partial charge in [-0.2, -0.15) is 13.2 Å². The van der Waals surface area contributed by atoms with E-state index in [1.807, 2.05) is 0 Å². The van der Waals surface area contributed by atoms with Crippen LogP contribution in [0, 0.1) is 11.8 Å². The van der Waals surface area contributed by atoms with E-state index in [0.717, 1.165) is 25.0 Å². The Balaban J connectivity index is 0.00000261. The molecule has 0 radical (unpaired) electrons. The number of nitrogens with zero attached hydrogens (tertiary/aromatic N) is 1. The summed E-state index contributed by atoms with van der Waals surface area (Å²) in [7, 11) is 0. The topological polar surface area (TPSA) is 75.4 Å². The van der Waals surface area contributed by atoms with E-state index in [-0.39, 0.29) is 42.4 Å². The lowest BCUT2D eigenvalue weighted by Crippen LogP contribution is -2.44. The molecule has 5 nitrogen and oxygen atoms in total. The van der Waals surface area contributed by atoms with E-state index in [0.29, 0.717) is 31.5 Å². The van der Waals surface area contributed by atoms with Crippen molar-refractivity contribution < 1.29 is 22.8 Å². The molecule has 2 amide bonds. The lowest BCUT2D eigenvalue weighted by molar-refractivity contribution is -0.138. The van der Waals surface area contributed by atoms with Gasteiger partial charge in [-0.05, 0) is 49.4 Å². The Labute approximate surface area is 161 Å². The third-order valence-corrected chi connectivity index (χ3v) is 4.85. The maximum atomic E-state index is 13.0. The number of nitrogens with two attached hydrogens (primary N) is 1. The first-order valence-electron chi connectivity index (χ1n) is 8.79. The predicted octanol–water partition coefficient (Wildman–Crippen LogP) is 3.17. The molecule has 2 fully saturated rings. The fraction of sp³-hybridized carbons (Fsp3) is 0.556. The highest BCUT2D eigenvalue weighted by Gasteiger charge is 2.37. The monoisotopic (exact) mass is 405 g/mol. The highest BCUT2D eigenvalue weighted by atomic mass is 35.5. The fourth-order valence-corrected chi connectivity index (χ4v) is 3.27. The van der Waals surface area contributed by atoms with Crippen LogP contribution in [0.15, 0.2) is 18.2 Å². The number of nitrogens with one attached hydrogen (secondary N) is 1. The van der Waals surface area contributed by atoms with Crippen molar-refractivity contribution in [1.29, 1.82) is 0 Å². The molecule has 150 valence electrons. The number of rotatable bonds is 4. The summed E-state index contributed by atoms with van der Waals surface area (Å²) in [6.07, 6.45) is -1.38. The first-order chi connectivity index (χ1) is 12.3. The van der Waals surface area contributed by atoms with Crippen LogP contribution >= 0.6 is 12.4 Å². The first-order valence-corrected chi connectivity index (χ1v) is 8.79. The predicted molar refractivity (Wildman–Crippen MR) is 97.2 cm³/mol. The molecule has 1 atom stereocenters. The number of likely N-dealkylation sites (tertiary alicyclic amines) is 1. The van der Waals surface area contributed by atoms with Crippen LogP contribution in [0.3, 0.4) is 0 Å². The van der Waals surface area contributed by atoms with Crippen LogP contribution in [0.4, 0.5) is 18.9 Å². The molecule has 1 aliphatic carbocycles. The molecule has 1 aromatic rings. The van der Waals surface area contributed by atoms with Gasteiger partial charge in [-0.3, -0.25) is 9.59 Å². The molecule has 1 heterocycles. The number of benzene rings is 1. The second kappa shape index (κ2) is 8.48. The minimum absolute atomic E-state index is 0. The lowest BCUT2D eigenvalue weighted by atomic mass is 9.96. The molecule has 1 saturated heterocycles. The van der Waals surface area contributed by atoms with Crippen LogP contribution in [-0.4, -0.2) is 29.8 Å². The molecule has 0 spiro atoms. The van der Waals surface area contributed by atoms with Crippen LogP contribution in [-0.2, 0) is 22.3 Å². The van der Waals surface area contributed by atoms with Gasteiger partial charge in [-0.25, -0.2) is 0 Å². The standard InChI is InChI=1S/C18H22F3N3O2.ClH/c19-18(20,21)14-6-11(9-22)7-15(8-14)23-16(25)13-2-1-5-24(10-13)17(26)12-3-4-12;/h6-8,12-13H,1-5,9-10,22H2,(H,23,25);1H. The summed E-state index contributed by atoms with van der Waals surface area (Å²) in [6.45, 7) is 0.907. The number of halogens is 4. The maximum absolute atomic E-state index is 13.0. The van der Waals surface area contributed by atoms with E-state index >= 15 is 0 Å². The molecule has 0 bridgehead atoms. The number of alkyl halides is 3. The van der Waals surface area contributed by atoms with Crippen molar-refractivity contribution in [2.24, 2.45) is 17.6 Å². The number of hydrogen-bond donors (Lipinski definition) is 2. The van der Waals surface area contributed by atoms with Gasteiger partial charge in [0.2, 0.25) is 11.8 Å². The summed E-state index contributed by atoms with van der Waals surface area (Å²) in [6, 6.07) is 3.34. The van der Waals surface area contributed by atoms with Gasteiger partial charge in [0.1, 0.15) is 0 Å². The van der Waals surface area contributed by atoms with Gasteiger partial charge < -0.3 is 16.0 Å². The Kier molecular flexibility index (Phi) is 6.75. The minimum atomic E-state index is -4.51. The van der Waals surface area contributed by atoms with E-state index in [1.165, 1.54) is 6.07 Å². The molecule has 1 aromatic carbocycles. The summed E-state index contributed by atoms with van der Waals surface area (Å²) in [4.78, 5) is 26.4. The second-order valence-corrected chi connectivity index (χ2v) is 7.01. The third-order valence-electron chi connectivity index (χ3n) is 4.85. The Morgan fingerprint density at radius 1 is 1.15 bits per heavy atom. The summed E-state index contributed by atoms with van der Waals surface area (Å²) < 4.78 is 39.0. The Morgan fingerprint density at radius 3 is 2.44 bits per heavy atom. The third kappa shape index (κ3) is 5.35. The molecule has 1 unspecified atom stereocenters. The Bertz CT molecular complexity index is 708. The molecule has 9 heteroatoms. The summed E-state index contributed by atoms with van der Waals surface area (Å²) in [5.74, 6) is -0.595. The van der Waals surface area contributed by atoms with Crippen molar-refractivity contribution in [3.8, 4) is 0 Å². The largest absolute Gasteiger partial charge is 0.416 e. The van der Waals surface area contributed by atoms with Gasteiger partial charge in [0.15, 0.2) is 0 Å². The van der Waals surface area contributed by atoms with Crippen LogP contribution in [0.25, 0.3) is 0 Å².